The fourth-order valence-electron chi connectivity index (χ4n) is 4.12. The summed E-state index contributed by atoms with van der Waals surface area (Å²) in [5.74, 6) is 1.15. The van der Waals surface area contributed by atoms with E-state index in [0.717, 1.165) is 42.6 Å². The second kappa shape index (κ2) is 10.9. The van der Waals surface area contributed by atoms with Gasteiger partial charge < -0.3 is 24.8 Å². The van der Waals surface area contributed by atoms with Gasteiger partial charge in [-0.05, 0) is 69.7 Å². The molecule has 0 saturated heterocycles. The van der Waals surface area contributed by atoms with Crippen molar-refractivity contribution in [1.82, 2.24) is 15.5 Å². The van der Waals surface area contributed by atoms with Crippen molar-refractivity contribution in [3.63, 3.8) is 0 Å². The maximum atomic E-state index is 12.0. The number of ether oxygens (including phenoxy) is 2. The number of aliphatic imine (C=N–C) groups is 1. The van der Waals surface area contributed by atoms with E-state index in [9.17, 15) is 9.59 Å². The summed E-state index contributed by atoms with van der Waals surface area (Å²) >= 11 is 0. The maximum Gasteiger partial charge on any atom is 0.407 e. The number of carbonyl (C=O) groups is 2. The van der Waals surface area contributed by atoms with Gasteiger partial charge in [0.2, 0.25) is 11.9 Å². The predicted molar refractivity (Wildman–Crippen MR) is 125 cm³/mol. The molecule has 3 rings (SSSR count). The Balaban J connectivity index is 1.60. The fraction of sp³-hybridized carbons (Fsp3) is 0.625. The molecule has 9 nitrogen and oxygen atoms in total. The number of guanidine groups is 1. The first-order valence-electron chi connectivity index (χ1n) is 11.6. The number of rotatable bonds is 5. The number of nitrogens with zero attached hydrogens (tertiary/aromatic N) is 2. The van der Waals surface area contributed by atoms with E-state index in [1.165, 1.54) is 6.92 Å². The van der Waals surface area contributed by atoms with Crippen molar-refractivity contribution in [2.75, 3.05) is 13.2 Å². The number of hydrogen-bond acceptors (Lipinski definition) is 6. The molecule has 1 fully saturated rings. The molecule has 9 heteroatoms. The lowest BCUT2D eigenvalue weighted by Crippen LogP contribution is -2.43. The first kappa shape index (κ1) is 24.8. The van der Waals surface area contributed by atoms with Gasteiger partial charge >= 0.3 is 6.09 Å². The van der Waals surface area contributed by atoms with E-state index in [1.54, 1.807) is 0 Å². The van der Waals surface area contributed by atoms with Crippen LogP contribution in [0.3, 0.4) is 0 Å². The Kier molecular flexibility index (Phi) is 8.18. The van der Waals surface area contributed by atoms with Crippen LogP contribution in [0.2, 0.25) is 0 Å². The molecule has 0 spiro atoms. The molecule has 182 valence electrons. The molecule has 1 aromatic rings. The summed E-state index contributed by atoms with van der Waals surface area (Å²) < 4.78 is 10.9. The average molecular weight is 461 g/mol. The number of benzene rings is 1. The fourth-order valence-corrected chi connectivity index (χ4v) is 4.12. The zero-order valence-corrected chi connectivity index (χ0v) is 20.0. The summed E-state index contributed by atoms with van der Waals surface area (Å²) in [6, 6.07) is 6.04. The van der Waals surface area contributed by atoms with Crippen LogP contribution in [0.15, 0.2) is 23.2 Å². The van der Waals surface area contributed by atoms with Gasteiger partial charge in [-0.25, -0.2) is 9.79 Å². The molecule has 0 radical (unpaired) electrons. The van der Waals surface area contributed by atoms with Gasteiger partial charge in [0, 0.05) is 26.1 Å². The molecule has 0 bridgehead atoms. The second-order valence-corrected chi connectivity index (χ2v) is 9.64. The monoisotopic (exact) mass is 460 g/mol. The third-order valence-corrected chi connectivity index (χ3v) is 5.57. The predicted octanol–water partition coefficient (Wildman–Crippen LogP) is 2.70. The molecule has 1 saturated carbocycles. The van der Waals surface area contributed by atoms with Gasteiger partial charge in [0.05, 0.1) is 12.6 Å². The van der Waals surface area contributed by atoms with Crippen LogP contribution in [0.1, 0.15) is 64.5 Å². The molecular weight excluding hydrogens is 424 g/mol. The number of nitrogens with one attached hydrogen (secondary N) is 2. The Bertz CT molecular complexity index is 872. The standard InChI is InChI=1S/C24H36N4O5/c1-16(30)25-22(28-14-17-5-10-21(32-12-11-29)13-18(17)15-28)26-19-6-8-20(9-7-19)27-23(31)33-24(2,3)4/h5,10,13,19-20,29H,6-9,11-12,14-15H2,1-4H3,(H,27,31)(H,25,26,30). The molecule has 2 amide bonds. The number of alkyl carbamates (subject to hydrolysis) is 1. The summed E-state index contributed by atoms with van der Waals surface area (Å²) in [7, 11) is 0. The molecule has 0 unspecified atom stereocenters. The molecule has 1 aliphatic heterocycles. The number of aliphatic hydroxyl groups excluding tert-OH is 1. The van der Waals surface area contributed by atoms with Crippen LogP contribution in [0.4, 0.5) is 4.79 Å². The van der Waals surface area contributed by atoms with E-state index in [0.29, 0.717) is 19.0 Å². The minimum atomic E-state index is -0.516. The van der Waals surface area contributed by atoms with Gasteiger partial charge in [-0.15, -0.1) is 0 Å². The Morgan fingerprint density at radius 3 is 2.48 bits per heavy atom. The zero-order chi connectivity index (χ0) is 24.0. The number of fused-ring (bicyclic) bond motifs is 1. The van der Waals surface area contributed by atoms with Crippen molar-refractivity contribution in [3.8, 4) is 5.75 Å². The highest BCUT2D eigenvalue weighted by Gasteiger charge is 2.27. The molecule has 33 heavy (non-hydrogen) atoms. The molecule has 1 heterocycles. The van der Waals surface area contributed by atoms with Crippen LogP contribution in [-0.2, 0) is 22.6 Å². The molecule has 0 aromatic heterocycles. The summed E-state index contributed by atoms with van der Waals surface area (Å²) in [6.45, 7) is 8.54. The van der Waals surface area contributed by atoms with E-state index < -0.39 is 5.60 Å². The molecule has 1 aliphatic carbocycles. The lowest BCUT2D eigenvalue weighted by Gasteiger charge is -2.30. The first-order chi connectivity index (χ1) is 15.6. The Morgan fingerprint density at radius 1 is 1.15 bits per heavy atom. The Morgan fingerprint density at radius 2 is 1.85 bits per heavy atom. The SMILES string of the molecule is CC(=O)NC(=NC1CCC(NC(=O)OC(C)(C)C)CC1)N1Cc2ccc(OCCO)cc2C1. The number of amides is 2. The van der Waals surface area contributed by atoms with Crippen molar-refractivity contribution < 1.29 is 24.2 Å². The third kappa shape index (κ3) is 7.63. The zero-order valence-electron chi connectivity index (χ0n) is 20.0. The van der Waals surface area contributed by atoms with Gasteiger partial charge in [0.25, 0.3) is 0 Å². The first-order valence-corrected chi connectivity index (χ1v) is 11.6. The summed E-state index contributed by atoms with van der Waals surface area (Å²) in [5.41, 5.74) is 1.76. The van der Waals surface area contributed by atoms with Gasteiger partial charge in [-0.1, -0.05) is 6.07 Å². The largest absolute Gasteiger partial charge is 0.491 e. The van der Waals surface area contributed by atoms with Crippen molar-refractivity contribution >= 4 is 18.0 Å². The molecular formula is C24H36N4O5. The summed E-state index contributed by atoms with van der Waals surface area (Å²) in [6.07, 6.45) is 2.89. The van der Waals surface area contributed by atoms with E-state index in [4.69, 9.17) is 19.6 Å². The normalized spacial score (nSPS) is 20.8. The second-order valence-electron chi connectivity index (χ2n) is 9.64. The summed E-state index contributed by atoms with van der Waals surface area (Å²) in [5, 5.41) is 14.8. The molecule has 1 aromatic carbocycles. The van der Waals surface area contributed by atoms with E-state index in [1.807, 2.05) is 39.0 Å². The van der Waals surface area contributed by atoms with Crippen LogP contribution >= 0.6 is 0 Å². The maximum absolute atomic E-state index is 12.0. The molecule has 2 aliphatic rings. The van der Waals surface area contributed by atoms with Crippen LogP contribution in [-0.4, -0.2) is 58.9 Å². The van der Waals surface area contributed by atoms with E-state index in [-0.39, 0.29) is 37.3 Å². The van der Waals surface area contributed by atoms with Gasteiger partial charge in [0.1, 0.15) is 18.0 Å². The highest BCUT2D eigenvalue weighted by Crippen LogP contribution is 2.28. The van der Waals surface area contributed by atoms with Gasteiger partial charge in [-0.2, -0.15) is 0 Å². The van der Waals surface area contributed by atoms with Gasteiger partial charge in [-0.3, -0.25) is 10.1 Å². The quantitative estimate of drug-likeness (QED) is 0.460. The van der Waals surface area contributed by atoms with E-state index in [2.05, 4.69) is 15.5 Å². The van der Waals surface area contributed by atoms with Crippen molar-refractivity contribution in [3.05, 3.63) is 29.3 Å². The van der Waals surface area contributed by atoms with Crippen molar-refractivity contribution in [2.45, 2.75) is 84.2 Å². The average Bonchev–Trinajstić information content (AvgIpc) is 3.15. The van der Waals surface area contributed by atoms with Crippen molar-refractivity contribution in [1.29, 1.82) is 0 Å². The van der Waals surface area contributed by atoms with Crippen LogP contribution < -0.4 is 15.4 Å². The number of carbonyl (C=O) groups excluding carboxylic acids is 2. The highest BCUT2D eigenvalue weighted by molar-refractivity contribution is 5.96. The van der Waals surface area contributed by atoms with E-state index >= 15 is 0 Å². The Hall–Kier alpha value is -2.81. The molecule has 3 N–H and O–H groups in total. The lowest BCUT2D eigenvalue weighted by atomic mass is 9.91. The lowest BCUT2D eigenvalue weighted by molar-refractivity contribution is -0.117. The smallest absolute Gasteiger partial charge is 0.407 e. The van der Waals surface area contributed by atoms with Crippen LogP contribution in [0.5, 0.6) is 5.75 Å². The topological polar surface area (TPSA) is 112 Å². The number of hydrogen-bond donors (Lipinski definition) is 3. The van der Waals surface area contributed by atoms with Crippen LogP contribution in [0.25, 0.3) is 0 Å². The third-order valence-electron chi connectivity index (χ3n) is 5.57. The Labute approximate surface area is 195 Å². The minimum absolute atomic E-state index is 0.0297. The highest BCUT2D eigenvalue weighted by atomic mass is 16.6. The van der Waals surface area contributed by atoms with Crippen LogP contribution in [0, 0.1) is 0 Å². The minimum Gasteiger partial charge on any atom is -0.491 e. The number of aliphatic hydroxyl groups is 1. The van der Waals surface area contributed by atoms with Gasteiger partial charge in [0.15, 0.2) is 0 Å². The molecule has 0 atom stereocenters. The van der Waals surface area contributed by atoms with Crippen molar-refractivity contribution in [2.24, 2.45) is 4.99 Å². The summed E-state index contributed by atoms with van der Waals surface area (Å²) in [4.78, 5) is 30.8.